The van der Waals surface area contributed by atoms with E-state index in [1.807, 2.05) is 0 Å². The molecule has 1 unspecified atom stereocenters. The molecule has 0 aliphatic carbocycles. The van der Waals surface area contributed by atoms with Crippen LogP contribution < -0.4 is 11.1 Å². The van der Waals surface area contributed by atoms with Crippen LogP contribution in [-0.2, 0) is 4.79 Å². The van der Waals surface area contributed by atoms with E-state index in [0.717, 1.165) is 6.54 Å². The van der Waals surface area contributed by atoms with Crippen LogP contribution in [0.25, 0.3) is 0 Å². The Balaban J connectivity index is 2.28. The second kappa shape index (κ2) is 6.36. The summed E-state index contributed by atoms with van der Waals surface area (Å²) in [5.74, 6) is -0.0671. The van der Waals surface area contributed by atoms with Gasteiger partial charge in [0.2, 0.25) is 5.91 Å². The molecule has 1 aliphatic heterocycles. The number of carbonyl (C=O) groups excluding carboxylic acids is 1. The maximum Gasteiger partial charge on any atom is 0.239 e. The van der Waals surface area contributed by atoms with Gasteiger partial charge in [-0.15, -0.1) is 0 Å². The third kappa shape index (κ3) is 4.64. The van der Waals surface area contributed by atoms with Crippen LogP contribution in [0, 0.1) is 0 Å². The number of rotatable bonds is 5. The number of nitrogens with one attached hydrogen (secondary N) is 1. The van der Waals surface area contributed by atoms with Gasteiger partial charge in [0, 0.05) is 19.1 Å². The van der Waals surface area contributed by atoms with Crippen molar-refractivity contribution in [3.05, 3.63) is 0 Å². The molecule has 0 aromatic rings. The minimum absolute atomic E-state index is 0.0671. The first-order valence-corrected chi connectivity index (χ1v) is 6.76. The van der Waals surface area contributed by atoms with Crippen LogP contribution in [0.2, 0.25) is 0 Å². The smallest absolute Gasteiger partial charge is 0.239 e. The van der Waals surface area contributed by atoms with Gasteiger partial charge in [0.25, 0.3) is 0 Å². The number of hydrogen-bond acceptors (Lipinski definition) is 3. The maximum atomic E-state index is 11.6. The minimum Gasteiger partial charge on any atom is -0.353 e. The quantitative estimate of drug-likeness (QED) is 0.758. The summed E-state index contributed by atoms with van der Waals surface area (Å²) in [6.07, 6.45) is 5.13. The molecule has 0 aromatic carbocycles. The summed E-state index contributed by atoms with van der Waals surface area (Å²) in [4.78, 5) is 14.1. The summed E-state index contributed by atoms with van der Waals surface area (Å²) in [5.41, 5.74) is 4.95. The Labute approximate surface area is 105 Å². The molecule has 4 heteroatoms. The van der Waals surface area contributed by atoms with E-state index in [1.54, 1.807) is 13.8 Å². The van der Waals surface area contributed by atoms with Crippen LogP contribution >= 0.6 is 0 Å². The zero-order valence-corrected chi connectivity index (χ0v) is 11.5. The Morgan fingerprint density at radius 3 is 2.76 bits per heavy atom. The predicted molar refractivity (Wildman–Crippen MR) is 70.8 cm³/mol. The first-order valence-electron chi connectivity index (χ1n) is 6.76. The van der Waals surface area contributed by atoms with Gasteiger partial charge in [0.15, 0.2) is 0 Å². The van der Waals surface area contributed by atoms with Gasteiger partial charge in [-0.2, -0.15) is 0 Å². The van der Waals surface area contributed by atoms with Crippen molar-refractivity contribution in [2.75, 3.05) is 19.6 Å². The molecule has 1 amide bonds. The lowest BCUT2D eigenvalue weighted by molar-refractivity contribution is -0.125. The average Bonchev–Trinajstić information content (AvgIpc) is 2.28. The molecule has 1 heterocycles. The number of piperidine rings is 1. The SMILES string of the molecule is CCC1CCCCN1CCNC(=O)C(C)(C)N. The van der Waals surface area contributed by atoms with E-state index in [0.29, 0.717) is 12.6 Å². The Kier molecular flexibility index (Phi) is 5.40. The Hall–Kier alpha value is -0.610. The summed E-state index contributed by atoms with van der Waals surface area (Å²) < 4.78 is 0. The fourth-order valence-corrected chi connectivity index (χ4v) is 2.36. The number of hydrogen-bond donors (Lipinski definition) is 2. The zero-order chi connectivity index (χ0) is 12.9. The summed E-state index contributed by atoms with van der Waals surface area (Å²) >= 11 is 0. The van der Waals surface area contributed by atoms with Gasteiger partial charge < -0.3 is 11.1 Å². The van der Waals surface area contributed by atoms with E-state index in [2.05, 4.69) is 17.1 Å². The molecule has 0 spiro atoms. The van der Waals surface area contributed by atoms with Crippen LogP contribution in [0.4, 0.5) is 0 Å². The summed E-state index contributed by atoms with van der Waals surface area (Å²) in [6.45, 7) is 8.53. The predicted octanol–water partition coefficient (Wildman–Crippen LogP) is 1.10. The van der Waals surface area contributed by atoms with Gasteiger partial charge >= 0.3 is 0 Å². The van der Waals surface area contributed by atoms with Crippen LogP contribution in [0.1, 0.15) is 46.5 Å². The molecule has 0 saturated carbocycles. The molecule has 17 heavy (non-hydrogen) atoms. The van der Waals surface area contributed by atoms with E-state index in [4.69, 9.17) is 5.73 Å². The molecule has 1 rings (SSSR count). The minimum atomic E-state index is -0.772. The number of nitrogens with two attached hydrogens (primary N) is 1. The standard InChI is InChI=1S/C13H27N3O/c1-4-11-7-5-6-9-16(11)10-8-15-12(17)13(2,3)14/h11H,4-10,14H2,1-3H3,(H,15,17). The highest BCUT2D eigenvalue weighted by Gasteiger charge is 2.23. The number of nitrogens with zero attached hydrogens (tertiary/aromatic N) is 1. The van der Waals surface area contributed by atoms with E-state index in [9.17, 15) is 4.79 Å². The molecular weight excluding hydrogens is 214 g/mol. The summed E-state index contributed by atoms with van der Waals surface area (Å²) in [7, 11) is 0. The first kappa shape index (κ1) is 14.5. The highest BCUT2D eigenvalue weighted by atomic mass is 16.2. The van der Waals surface area contributed by atoms with E-state index >= 15 is 0 Å². The van der Waals surface area contributed by atoms with Crippen molar-refractivity contribution in [1.82, 2.24) is 10.2 Å². The first-order chi connectivity index (χ1) is 7.95. The molecule has 1 saturated heterocycles. The van der Waals surface area contributed by atoms with E-state index < -0.39 is 5.54 Å². The Bertz CT molecular complexity index is 248. The molecule has 1 aliphatic rings. The lowest BCUT2D eigenvalue weighted by atomic mass is 10.00. The third-order valence-electron chi connectivity index (χ3n) is 3.49. The van der Waals surface area contributed by atoms with Gasteiger partial charge in [0.05, 0.1) is 5.54 Å². The van der Waals surface area contributed by atoms with Crippen LogP contribution in [0.3, 0.4) is 0 Å². The summed E-state index contributed by atoms with van der Waals surface area (Å²) in [5, 5.41) is 2.91. The lowest BCUT2D eigenvalue weighted by Crippen LogP contribution is -2.51. The molecule has 0 bridgehead atoms. The molecular formula is C13H27N3O. The lowest BCUT2D eigenvalue weighted by Gasteiger charge is -2.35. The van der Waals surface area contributed by atoms with Crippen molar-refractivity contribution >= 4 is 5.91 Å². The van der Waals surface area contributed by atoms with Crippen molar-refractivity contribution in [3.8, 4) is 0 Å². The highest BCUT2D eigenvalue weighted by Crippen LogP contribution is 2.18. The molecule has 100 valence electrons. The number of likely N-dealkylation sites (tertiary alicyclic amines) is 1. The van der Waals surface area contributed by atoms with E-state index in [-0.39, 0.29) is 5.91 Å². The van der Waals surface area contributed by atoms with Crippen molar-refractivity contribution in [2.45, 2.75) is 58.0 Å². The van der Waals surface area contributed by atoms with Crippen molar-refractivity contribution in [3.63, 3.8) is 0 Å². The van der Waals surface area contributed by atoms with Gasteiger partial charge in [-0.3, -0.25) is 9.69 Å². The van der Waals surface area contributed by atoms with Crippen molar-refractivity contribution in [2.24, 2.45) is 5.73 Å². The monoisotopic (exact) mass is 241 g/mol. The van der Waals surface area contributed by atoms with Gasteiger partial charge in [-0.1, -0.05) is 13.3 Å². The second-order valence-electron chi connectivity index (χ2n) is 5.57. The van der Waals surface area contributed by atoms with Crippen LogP contribution in [0.15, 0.2) is 0 Å². The fourth-order valence-electron chi connectivity index (χ4n) is 2.36. The molecule has 3 N–H and O–H groups in total. The average molecular weight is 241 g/mol. The molecule has 0 aromatic heterocycles. The van der Waals surface area contributed by atoms with E-state index in [1.165, 1.54) is 32.2 Å². The zero-order valence-electron chi connectivity index (χ0n) is 11.5. The fraction of sp³-hybridized carbons (Fsp3) is 0.923. The highest BCUT2D eigenvalue weighted by molar-refractivity contribution is 5.84. The number of carbonyl (C=O) groups is 1. The topological polar surface area (TPSA) is 58.4 Å². The van der Waals surface area contributed by atoms with Crippen molar-refractivity contribution < 1.29 is 4.79 Å². The molecule has 1 atom stereocenters. The van der Waals surface area contributed by atoms with Gasteiger partial charge in [-0.05, 0) is 39.7 Å². The van der Waals surface area contributed by atoms with Gasteiger partial charge in [-0.25, -0.2) is 0 Å². The van der Waals surface area contributed by atoms with Gasteiger partial charge in [0.1, 0.15) is 0 Å². The normalized spacial score (nSPS) is 22.5. The Morgan fingerprint density at radius 2 is 2.18 bits per heavy atom. The van der Waals surface area contributed by atoms with Crippen LogP contribution in [0.5, 0.6) is 0 Å². The van der Waals surface area contributed by atoms with Crippen molar-refractivity contribution in [1.29, 1.82) is 0 Å². The largest absolute Gasteiger partial charge is 0.353 e. The number of amides is 1. The maximum absolute atomic E-state index is 11.6. The second-order valence-corrected chi connectivity index (χ2v) is 5.57. The third-order valence-corrected chi connectivity index (χ3v) is 3.49. The Morgan fingerprint density at radius 1 is 1.47 bits per heavy atom. The molecule has 0 radical (unpaired) electrons. The van der Waals surface area contributed by atoms with Crippen LogP contribution in [-0.4, -0.2) is 42.0 Å². The molecule has 1 fully saturated rings. The summed E-state index contributed by atoms with van der Waals surface area (Å²) in [6, 6.07) is 0.700. The molecule has 4 nitrogen and oxygen atoms in total.